The van der Waals surface area contributed by atoms with Crippen LogP contribution in [0.5, 0.6) is 0 Å². The minimum absolute atomic E-state index is 0.00244. The number of carboxylic acids is 3. The number of Topliss-reactive ketones (excluding diaryl/α,β-unsaturated/α-hetero) is 2. The maximum absolute atomic E-state index is 11.9. The minimum atomic E-state index is -1.17. The lowest BCUT2D eigenvalue weighted by Crippen LogP contribution is -2.41. The van der Waals surface area contributed by atoms with Gasteiger partial charge in [0, 0.05) is 38.5 Å². The lowest BCUT2D eigenvalue weighted by molar-refractivity contribution is -0.143. The number of rotatable bonds is 77. The normalized spacial score (nSPS) is 12.9. The molecule has 12 N–H and O–H groups in total. The fraction of sp³-hybridized carbons (Fsp3) is 0.876. The van der Waals surface area contributed by atoms with Gasteiger partial charge in [0.05, 0.1) is 36.7 Å². The third-order valence-corrected chi connectivity index (χ3v) is 20.1. The molecule has 0 rings (SSSR count). The smallest absolute Gasteiger partial charge is 0.326 e. The van der Waals surface area contributed by atoms with Crippen molar-refractivity contribution in [3.05, 3.63) is 12.3 Å². The van der Waals surface area contributed by atoms with E-state index in [-0.39, 0.29) is 91.2 Å². The van der Waals surface area contributed by atoms with Crippen molar-refractivity contribution in [1.29, 1.82) is 0 Å². The van der Waals surface area contributed by atoms with Crippen molar-refractivity contribution < 1.29 is 84.0 Å². The number of carboxylic acid groups (broad SMARTS) is 3. The Morgan fingerprint density at radius 3 is 0.727 bits per heavy atom. The number of nitrogens with one attached hydrogen (secondary N) is 4. The quantitative estimate of drug-likeness (QED) is 0.0199. The maximum Gasteiger partial charge on any atom is 0.326 e. The van der Waals surface area contributed by atoms with Crippen molar-refractivity contribution in [2.75, 3.05) is 6.54 Å². The molecule has 0 aliphatic heterocycles. The summed E-state index contributed by atoms with van der Waals surface area (Å²) in [6, 6.07) is -2.90. The number of aliphatic carboxylic acids is 3. The second-order valence-electron chi connectivity index (χ2n) is 31.5. The standard InChI is InChI=1S/C24H45NO5.C23H43NO5.C21H41NO4.C21H41NO3/c1-3-4-5-12-15-21(27)16-13-10-8-6-7-9-11-14-17-23(28)25-22(24(29)30)19-18-20(2)26;1-3-4-5-12-15-20(26)16-13-10-8-6-7-9-11-14-17-22(27)24-21(23(28)29)18-19(2)25;1-3-4-5-12-15-19(23)16-13-10-8-6-7-9-11-14-17-20(24)22-18(2)21(25)26;1-3-4-5-12-15-20(24)16-13-10-8-6-7-9-11-14-17-21(25)22-18-19(2)23/h21-22,26-27H,2-19H2,1H3,(H,25,28)(H,29,30);20-21,26H,3-18H2,1-2H3,(H,24,27)(H,28,29);18-19,23H,3-17H2,1-2H3,(H,22,24)(H,25,26);20,24H,3-18H2,1-2H3,(H,22,25). The van der Waals surface area contributed by atoms with Crippen LogP contribution < -0.4 is 21.3 Å². The van der Waals surface area contributed by atoms with Crippen molar-refractivity contribution in [1.82, 2.24) is 21.3 Å². The van der Waals surface area contributed by atoms with Crippen molar-refractivity contribution >= 4 is 53.1 Å². The summed E-state index contributed by atoms with van der Waals surface area (Å²) in [7, 11) is 0. The Balaban J connectivity index is -0.000000683. The number of aliphatic hydroxyl groups excluding tert-OH is 5. The first-order valence-electron chi connectivity index (χ1n) is 44.7. The molecule has 0 saturated heterocycles. The van der Waals surface area contributed by atoms with E-state index in [1.807, 2.05) is 0 Å². The zero-order chi connectivity index (χ0) is 82.9. The summed E-state index contributed by atoms with van der Waals surface area (Å²) in [5.74, 6) is -4.32. The van der Waals surface area contributed by atoms with Crippen LogP contribution in [0.15, 0.2) is 12.3 Å². The van der Waals surface area contributed by atoms with E-state index < -0.39 is 36.0 Å². The molecule has 7 unspecified atom stereocenters. The minimum Gasteiger partial charge on any atom is -0.513 e. The first-order valence-corrected chi connectivity index (χ1v) is 44.7. The molecular weight excluding hydrogens is 1400 g/mol. The number of allylic oxidation sites excluding steroid dienone is 1. The van der Waals surface area contributed by atoms with Gasteiger partial charge in [0.1, 0.15) is 29.7 Å². The highest BCUT2D eigenvalue weighted by Gasteiger charge is 2.22. The molecular formula is C89H170N4O17. The predicted molar refractivity (Wildman–Crippen MR) is 448 cm³/mol. The molecule has 21 nitrogen and oxygen atoms in total. The number of aliphatic hydroxyl groups is 5. The van der Waals surface area contributed by atoms with Crippen molar-refractivity contribution in [3.63, 3.8) is 0 Å². The molecule has 0 spiro atoms. The summed E-state index contributed by atoms with van der Waals surface area (Å²) >= 11 is 0. The molecule has 110 heavy (non-hydrogen) atoms. The molecule has 0 aliphatic rings. The van der Waals surface area contributed by atoms with E-state index in [2.05, 4.69) is 55.5 Å². The SMILES string of the molecule is C=C(O)CCC(NC(=O)CCCCCCCCCCC(O)CCCCCC)C(=O)O.CCCCCCC(O)CCCCCCCCCCC(=O)NC(C)C(=O)O.CCCCCCC(O)CCCCCCCCCCC(=O)NC(CC(C)=O)C(=O)O.CCCCCCC(O)CCCCCCCCCCC(=O)NCC(C)=O. The molecule has 0 radical (unpaired) electrons. The van der Waals surface area contributed by atoms with Gasteiger partial charge in [0.15, 0.2) is 0 Å². The number of carbonyl (C=O) groups excluding carboxylic acids is 6. The highest BCUT2D eigenvalue weighted by atomic mass is 16.4. The van der Waals surface area contributed by atoms with E-state index >= 15 is 0 Å². The highest BCUT2D eigenvalue weighted by molar-refractivity contribution is 5.88. The van der Waals surface area contributed by atoms with Gasteiger partial charge < -0.3 is 62.1 Å². The maximum atomic E-state index is 11.9. The monoisotopic (exact) mass is 1570 g/mol. The lowest BCUT2D eigenvalue weighted by atomic mass is 10.0. The van der Waals surface area contributed by atoms with Gasteiger partial charge in [0.25, 0.3) is 0 Å². The number of ketones is 2. The summed E-state index contributed by atoms with van der Waals surface area (Å²) < 4.78 is 0. The Morgan fingerprint density at radius 1 is 0.273 bits per heavy atom. The molecule has 21 heteroatoms. The average Bonchev–Trinajstić information content (AvgIpc) is 0.940. The predicted octanol–water partition coefficient (Wildman–Crippen LogP) is 20.1. The zero-order valence-corrected chi connectivity index (χ0v) is 71.3. The van der Waals surface area contributed by atoms with Crippen LogP contribution in [-0.4, -0.2) is 143 Å². The number of unbranched alkanes of at least 4 members (excludes halogenated alkanes) is 40. The Kier molecular flexibility index (Phi) is 85.9. The van der Waals surface area contributed by atoms with Gasteiger partial charge in [-0.1, -0.05) is 317 Å². The Bertz CT molecular complexity index is 2200. The van der Waals surface area contributed by atoms with Crippen molar-refractivity contribution in [2.24, 2.45) is 0 Å². The number of hydrogen-bond donors (Lipinski definition) is 12. The van der Waals surface area contributed by atoms with Crippen LogP contribution in [0.3, 0.4) is 0 Å². The summed E-state index contributed by atoms with van der Waals surface area (Å²) in [5.41, 5.74) is 0. The summed E-state index contributed by atoms with van der Waals surface area (Å²) in [5, 5.41) is 85.7. The van der Waals surface area contributed by atoms with Gasteiger partial charge >= 0.3 is 17.9 Å². The number of hydrogen-bond acceptors (Lipinski definition) is 14. The van der Waals surface area contributed by atoms with Gasteiger partial charge in [-0.15, -0.1) is 0 Å². The lowest BCUT2D eigenvalue weighted by Gasteiger charge is -2.14. The Labute approximate surface area is 669 Å². The van der Waals surface area contributed by atoms with Gasteiger partial charge in [-0.05, 0) is 104 Å². The molecule has 0 saturated carbocycles. The molecule has 648 valence electrons. The molecule has 7 atom stereocenters. The Morgan fingerprint density at radius 2 is 0.500 bits per heavy atom. The van der Waals surface area contributed by atoms with E-state index in [4.69, 9.17) is 20.4 Å². The molecule has 0 aliphatic carbocycles. The van der Waals surface area contributed by atoms with E-state index in [9.17, 15) is 63.6 Å². The average molecular weight is 1570 g/mol. The third-order valence-electron chi connectivity index (χ3n) is 20.1. The van der Waals surface area contributed by atoms with Crippen LogP contribution in [0.1, 0.15) is 453 Å². The molecule has 0 aromatic rings. The summed E-state index contributed by atoms with van der Waals surface area (Å²) in [6.45, 7) is 16.6. The van der Waals surface area contributed by atoms with Crippen molar-refractivity contribution in [3.8, 4) is 0 Å². The van der Waals surface area contributed by atoms with Gasteiger partial charge in [-0.25, -0.2) is 9.59 Å². The first kappa shape index (κ1) is 111. The van der Waals surface area contributed by atoms with Crippen LogP contribution in [0, 0.1) is 0 Å². The molecule has 0 bridgehead atoms. The van der Waals surface area contributed by atoms with Crippen molar-refractivity contribution in [2.45, 2.75) is 496 Å². The first-order chi connectivity index (χ1) is 52.8. The molecule has 0 heterocycles. The topological polar surface area (TPSA) is 364 Å². The third kappa shape index (κ3) is 90.2. The summed E-state index contributed by atoms with van der Waals surface area (Å²) in [6.07, 6.45) is 63.8. The van der Waals surface area contributed by atoms with Crippen LogP contribution in [0.2, 0.25) is 0 Å². The van der Waals surface area contributed by atoms with Crippen LogP contribution in [0.4, 0.5) is 0 Å². The highest BCUT2D eigenvalue weighted by Crippen LogP contribution is 2.20. The van der Waals surface area contributed by atoms with Crippen LogP contribution in [-0.2, 0) is 43.2 Å². The molecule has 0 aromatic carbocycles. The largest absolute Gasteiger partial charge is 0.513 e. The van der Waals surface area contributed by atoms with E-state index in [1.165, 1.54) is 201 Å². The number of carbonyl (C=O) groups is 9. The fourth-order valence-corrected chi connectivity index (χ4v) is 13.0. The molecule has 0 fully saturated rings. The van der Waals surface area contributed by atoms with E-state index in [1.54, 1.807) is 0 Å². The zero-order valence-electron chi connectivity index (χ0n) is 71.3. The van der Waals surface area contributed by atoms with Crippen LogP contribution in [0.25, 0.3) is 0 Å². The van der Waals surface area contributed by atoms with E-state index in [0.29, 0.717) is 25.7 Å². The molecule has 4 amide bonds. The van der Waals surface area contributed by atoms with Gasteiger partial charge in [-0.2, -0.15) is 0 Å². The molecule has 0 aromatic heterocycles. The summed E-state index contributed by atoms with van der Waals surface area (Å²) in [4.78, 5) is 101. The van der Waals surface area contributed by atoms with E-state index in [0.717, 1.165) is 180 Å². The van der Waals surface area contributed by atoms with Crippen LogP contribution >= 0.6 is 0 Å². The number of amides is 4. The fourth-order valence-electron chi connectivity index (χ4n) is 13.0. The van der Waals surface area contributed by atoms with Gasteiger partial charge in [0.2, 0.25) is 23.6 Å². The Hall–Kier alpha value is -4.99. The van der Waals surface area contributed by atoms with Gasteiger partial charge in [-0.3, -0.25) is 33.6 Å². The second-order valence-corrected chi connectivity index (χ2v) is 31.5. The second kappa shape index (κ2) is 84.9.